The van der Waals surface area contributed by atoms with Crippen LogP contribution < -0.4 is 5.32 Å². The summed E-state index contributed by atoms with van der Waals surface area (Å²) in [4.78, 5) is 10.8. The van der Waals surface area contributed by atoms with Gasteiger partial charge < -0.3 is 10.1 Å². The Morgan fingerprint density at radius 2 is 2.25 bits per heavy atom. The molecule has 1 fully saturated rings. The van der Waals surface area contributed by atoms with Crippen molar-refractivity contribution in [3.63, 3.8) is 0 Å². The first kappa shape index (κ1) is 9.52. The van der Waals surface area contributed by atoms with Crippen molar-refractivity contribution in [3.05, 3.63) is 0 Å². The Balaban J connectivity index is 2.20. The largest absolute Gasteiger partial charge is 0.374 e. The van der Waals surface area contributed by atoms with Crippen LogP contribution >= 0.6 is 0 Å². The summed E-state index contributed by atoms with van der Waals surface area (Å²) in [5.74, 6) is 0.150. The summed E-state index contributed by atoms with van der Waals surface area (Å²) < 4.78 is 5.55. The van der Waals surface area contributed by atoms with Gasteiger partial charge in [-0.05, 0) is 27.2 Å². The summed E-state index contributed by atoms with van der Waals surface area (Å²) in [5, 5.41) is 2.86. The van der Waals surface area contributed by atoms with Gasteiger partial charge in [-0.25, -0.2) is 0 Å². The highest BCUT2D eigenvalue weighted by atomic mass is 16.5. The highest BCUT2D eigenvalue weighted by Gasteiger charge is 2.22. The zero-order chi connectivity index (χ0) is 9.19. The van der Waals surface area contributed by atoms with Crippen LogP contribution in [-0.4, -0.2) is 24.2 Å². The van der Waals surface area contributed by atoms with E-state index in [9.17, 15) is 4.79 Å². The zero-order valence-corrected chi connectivity index (χ0v) is 8.02. The van der Waals surface area contributed by atoms with Crippen LogP contribution in [0.5, 0.6) is 0 Å². The van der Waals surface area contributed by atoms with E-state index in [0.29, 0.717) is 13.0 Å². The van der Waals surface area contributed by atoms with E-state index in [1.807, 2.05) is 20.8 Å². The quantitative estimate of drug-likeness (QED) is 0.675. The Morgan fingerprint density at radius 1 is 1.58 bits per heavy atom. The molecule has 3 nitrogen and oxygen atoms in total. The highest BCUT2D eigenvalue weighted by molar-refractivity contribution is 5.78. The minimum absolute atomic E-state index is 0.104. The average Bonchev–Trinajstić information content (AvgIpc) is 2.30. The zero-order valence-electron chi connectivity index (χ0n) is 8.02. The molecule has 0 aromatic heterocycles. The Kier molecular flexibility index (Phi) is 2.73. The van der Waals surface area contributed by atoms with Crippen molar-refractivity contribution in [1.29, 1.82) is 0 Å². The Labute approximate surface area is 73.5 Å². The van der Waals surface area contributed by atoms with Crippen LogP contribution in [0.1, 0.15) is 33.6 Å². The average molecular weight is 171 g/mol. The van der Waals surface area contributed by atoms with Gasteiger partial charge in [0.05, 0.1) is 18.2 Å². The fourth-order valence-electron chi connectivity index (χ4n) is 1.15. The van der Waals surface area contributed by atoms with Crippen LogP contribution in [0, 0.1) is 0 Å². The number of hydrogen-bond donors (Lipinski definition) is 1. The number of nitrogens with one attached hydrogen (secondary N) is 1. The molecule has 0 aliphatic carbocycles. The molecule has 0 spiro atoms. The van der Waals surface area contributed by atoms with Gasteiger partial charge in [0.2, 0.25) is 5.91 Å². The lowest BCUT2D eigenvalue weighted by molar-refractivity contribution is -0.119. The normalized spacial score (nSPS) is 24.2. The maximum Gasteiger partial charge on any atom is 0.220 e. The second-order valence-corrected chi connectivity index (χ2v) is 4.23. The number of amides is 1. The van der Waals surface area contributed by atoms with E-state index in [-0.39, 0.29) is 17.6 Å². The molecule has 12 heavy (non-hydrogen) atoms. The monoisotopic (exact) mass is 171 g/mol. The van der Waals surface area contributed by atoms with Gasteiger partial charge in [-0.2, -0.15) is 0 Å². The molecule has 0 saturated carbocycles. The molecule has 0 aromatic rings. The van der Waals surface area contributed by atoms with E-state index in [2.05, 4.69) is 5.32 Å². The van der Waals surface area contributed by atoms with Crippen molar-refractivity contribution in [2.45, 2.75) is 45.3 Å². The minimum Gasteiger partial charge on any atom is -0.374 e. The van der Waals surface area contributed by atoms with E-state index in [0.717, 1.165) is 6.42 Å². The molecule has 1 aliphatic heterocycles. The molecule has 1 rings (SSSR count). The summed E-state index contributed by atoms with van der Waals surface area (Å²) in [7, 11) is 0. The van der Waals surface area contributed by atoms with E-state index in [4.69, 9.17) is 4.74 Å². The van der Waals surface area contributed by atoms with Gasteiger partial charge in [0, 0.05) is 6.42 Å². The van der Waals surface area contributed by atoms with E-state index in [1.165, 1.54) is 0 Å². The molecular weight excluding hydrogens is 154 g/mol. The molecule has 0 unspecified atom stereocenters. The first-order valence-corrected chi connectivity index (χ1v) is 4.41. The maximum atomic E-state index is 10.8. The Hall–Kier alpha value is -0.570. The predicted octanol–water partition coefficient (Wildman–Crippen LogP) is 1.08. The summed E-state index contributed by atoms with van der Waals surface area (Å²) in [6, 6.07) is 0.233. The molecule has 3 heteroatoms. The lowest BCUT2D eigenvalue weighted by atomic mass is 10.2. The molecule has 1 N–H and O–H groups in total. The Morgan fingerprint density at radius 3 is 2.67 bits per heavy atom. The van der Waals surface area contributed by atoms with Gasteiger partial charge in [-0.3, -0.25) is 4.79 Å². The molecule has 1 heterocycles. The molecule has 1 saturated heterocycles. The van der Waals surface area contributed by atoms with Gasteiger partial charge >= 0.3 is 0 Å². The molecular formula is C9H17NO2. The fourth-order valence-corrected chi connectivity index (χ4v) is 1.15. The number of carbonyl (C=O) groups excluding carboxylic acids is 1. The van der Waals surface area contributed by atoms with Gasteiger partial charge in [0.1, 0.15) is 0 Å². The van der Waals surface area contributed by atoms with Crippen molar-refractivity contribution in [2.24, 2.45) is 0 Å². The number of rotatable bonds is 2. The van der Waals surface area contributed by atoms with Crippen LogP contribution in [0.15, 0.2) is 0 Å². The first-order valence-electron chi connectivity index (χ1n) is 4.41. The summed E-state index contributed by atoms with van der Waals surface area (Å²) in [6.07, 6.45) is 1.56. The molecule has 1 aliphatic rings. The van der Waals surface area contributed by atoms with Crippen LogP contribution in [0.2, 0.25) is 0 Å². The molecule has 1 atom stereocenters. The lowest BCUT2D eigenvalue weighted by Crippen LogP contribution is -2.33. The van der Waals surface area contributed by atoms with E-state index in [1.54, 1.807) is 0 Å². The third-order valence-electron chi connectivity index (χ3n) is 1.80. The molecule has 0 radical (unpaired) electrons. The minimum atomic E-state index is -0.104. The SMILES string of the molecule is CC(C)(C)OC[C@@H]1CCC(=O)N1. The standard InChI is InChI=1S/C9H17NO2/c1-9(2,3)12-6-7-4-5-8(11)10-7/h7H,4-6H2,1-3H3,(H,10,11)/t7-/m0/s1. The third kappa shape index (κ3) is 3.22. The maximum absolute atomic E-state index is 10.8. The summed E-state index contributed by atoms with van der Waals surface area (Å²) >= 11 is 0. The van der Waals surface area contributed by atoms with Gasteiger partial charge in [-0.15, -0.1) is 0 Å². The smallest absolute Gasteiger partial charge is 0.220 e. The second-order valence-electron chi connectivity index (χ2n) is 4.23. The van der Waals surface area contributed by atoms with Crippen LogP contribution in [0.4, 0.5) is 0 Å². The predicted molar refractivity (Wildman–Crippen MR) is 46.9 cm³/mol. The van der Waals surface area contributed by atoms with Crippen molar-refractivity contribution in [1.82, 2.24) is 5.32 Å². The third-order valence-corrected chi connectivity index (χ3v) is 1.80. The van der Waals surface area contributed by atoms with Gasteiger partial charge in [0.25, 0.3) is 0 Å². The number of hydrogen-bond acceptors (Lipinski definition) is 2. The second kappa shape index (κ2) is 3.44. The topological polar surface area (TPSA) is 38.3 Å². The molecule has 70 valence electrons. The van der Waals surface area contributed by atoms with E-state index >= 15 is 0 Å². The number of ether oxygens (including phenoxy) is 1. The fraction of sp³-hybridized carbons (Fsp3) is 0.889. The van der Waals surface area contributed by atoms with E-state index < -0.39 is 0 Å². The summed E-state index contributed by atoms with van der Waals surface area (Å²) in [5.41, 5.74) is -0.104. The van der Waals surface area contributed by atoms with Gasteiger partial charge in [-0.1, -0.05) is 0 Å². The van der Waals surface area contributed by atoms with Crippen LogP contribution in [0.3, 0.4) is 0 Å². The van der Waals surface area contributed by atoms with Crippen molar-refractivity contribution >= 4 is 5.91 Å². The first-order chi connectivity index (χ1) is 5.47. The highest BCUT2D eigenvalue weighted by Crippen LogP contribution is 2.12. The van der Waals surface area contributed by atoms with Crippen LogP contribution in [0.25, 0.3) is 0 Å². The van der Waals surface area contributed by atoms with Crippen molar-refractivity contribution in [2.75, 3.05) is 6.61 Å². The number of carbonyl (C=O) groups is 1. The van der Waals surface area contributed by atoms with Gasteiger partial charge in [0.15, 0.2) is 0 Å². The molecule has 0 aromatic carbocycles. The summed E-state index contributed by atoms with van der Waals surface area (Å²) in [6.45, 7) is 6.69. The van der Waals surface area contributed by atoms with Crippen molar-refractivity contribution < 1.29 is 9.53 Å². The molecule has 0 bridgehead atoms. The molecule has 1 amide bonds. The lowest BCUT2D eigenvalue weighted by Gasteiger charge is -2.22. The van der Waals surface area contributed by atoms with Crippen molar-refractivity contribution in [3.8, 4) is 0 Å². The Bertz CT molecular complexity index is 172. The van der Waals surface area contributed by atoms with Crippen LogP contribution in [-0.2, 0) is 9.53 Å².